The number of amides is 1. The highest BCUT2D eigenvalue weighted by molar-refractivity contribution is 5.86. The lowest BCUT2D eigenvalue weighted by Gasteiger charge is -2.33. The average Bonchev–Trinajstić information content (AvgIpc) is 2.27. The molecule has 4 heteroatoms. The van der Waals surface area contributed by atoms with Gasteiger partial charge in [-0.05, 0) is 32.3 Å². The Morgan fingerprint density at radius 3 is 2.26 bits per heavy atom. The second-order valence-corrected chi connectivity index (χ2v) is 5.27. The van der Waals surface area contributed by atoms with Crippen LogP contribution in [-0.4, -0.2) is 17.0 Å². The molecule has 4 nitrogen and oxygen atoms in total. The third-order valence-electron chi connectivity index (χ3n) is 3.86. The minimum Gasteiger partial charge on any atom is -0.481 e. The molecule has 3 unspecified atom stereocenters. The molecule has 0 radical (unpaired) electrons. The minimum atomic E-state index is -0.866. The Kier molecular flexibility index (Phi) is 3.88. The van der Waals surface area contributed by atoms with E-state index in [0.717, 1.165) is 5.56 Å². The molecule has 2 N–H and O–H groups in total. The minimum absolute atomic E-state index is 0.0943. The van der Waals surface area contributed by atoms with E-state index in [1.807, 2.05) is 38.1 Å². The number of aliphatic carboxylic acids is 1. The van der Waals surface area contributed by atoms with Crippen LogP contribution < -0.4 is 5.32 Å². The summed E-state index contributed by atoms with van der Waals surface area (Å²) in [7, 11) is 0. The van der Waals surface area contributed by atoms with Gasteiger partial charge in [0, 0.05) is 0 Å². The molecule has 3 atom stereocenters. The van der Waals surface area contributed by atoms with Crippen molar-refractivity contribution in [1.29, 1.82) is 0 Å². The Bertz CT molecular complexity index is 481. The fourth-order valence-corrected chi connectivity index (χ4v) is 2.37. The van der Waals surface area contributed by atoms with Crippen LogP contribution in [0.15, 0.2) is 24.3 Å². The maximum Gasteiger partial charge on any atom is 0.307 e. The second-order valence-electron chi connectivity index (χ2n) is 5.27. The van der Waals surface area contributed by atoms with E-state index in [-0.39, 0.29) is 17.9 Å². The van der Waals surface area contributed by atoms with Gasteiger partial charge in [-0.1, -0.05) is 29.8 Å². The lowest BCUT2D eigenvalue weighted by Crippen LogP contribution is -2.44. The molecule has 1 aromatic carbocycles. The number of benzene rings is 1. The molecular weight excluding hydrogens is 242 g/mol. The molecular formula is C15H19NO3. The fraction of sp³-hybridized carbons (Fsp3) is 0.467. The number of aryl methyl sites for hydroxylation is 1. The zero-order valence-corrected chi connectivity index (χ0v) is 11.2. The largest absolute Gasteiger partial charge is 0.481 e. The maximum absolute atomic E-state index is 12.0. The first-order valence-corrected chi connectivity index (χ1v) is 6.59. The van der Waals surface area contributed by atoms with Gasteiger partial charge in [-0.3, -0.25) is 9.59 Å². The standard InChI is InChI=1S/C15H19NO3/c1-9-3-5-11(6-4-9)10(2)16-14(17)12-7-8-13(12)15(18)19/h3-6,10,12-13H,7-8H2,1-2H3,(H,16,17)(H,18,19). The summed E-state index contributed by atoms with van der Waals surface area (Å²) in [6.45, 7) is 3.93. The molecule has 1 saturated carbocycles. The van der Waals surface area contributed by atoms with E-state index in [4.69, 9.17) is 5.11 Å². The Morgan fingerprint density at radius 2 is 1.79 bits per heavy atom. The number of hydrogen-bond acceptors (Lipinski definition) is 2. The summed E-state index contributed by atoms with van der Waals surface area (Å²) < 4.78 is 0. The third kappa shape index (κ3) is 2.95. The monoisotopic (exact) mass is 261 g/mol. The van der Waals surface area contributed by atoms with E-state index in [0.29, 0.717) is 12.8 Å². The van der Waals surface area contributed by atoms with E-state index in [9.17, 15) is 9.59 Å². The molecule has 1 aliphatic rings. The van der Waals surface area contributed by atoms with Crippen LogP contribution in [0.4, 0.5) is 0 Å². The molecule has 1 aliphatic carbocycles. The molecule has 0 aliphatic heterocycles. The van der Waals surface area contributed by atoms with Crippen molar-refractivity contribution in [3.63, 3.8) is 0 Å². The van der Waals surface area contributed by atoms with Crippen LogP contribution >= 0.6 is 0 Å². The van der Waals surface area contributed by atoms with Gasteiger partial charge >= 0.3 is 5.97 Å². The summed E-state index contributed by atoms with van der Waals surface area (Å²) in [5, 5.41) is 11.9. The molecule has 0 saturated heterocycles. The number of rotatable bonds is 4. The molecule has 0 bridgehead atoms. The third-order valence-corrected chi connectivity index (χ3v) is 3.86. The number of carboxylic acids is 1. The fourth-order valence-electron chi connectivity index (χ4n) is 2.37. The highest BCUT2D eigenvalue weighted by Crippen LogP contribution is 2.35. The smallest absolute Gasteiger partial charge is 0.307 e. The van der Waals surface area contributed by atoms with Crippen LogP contribution in [0.1, 0.15) is 36.9 Å². The van der Waals surface area contributed by atoms with Gasteiger partial charge in [0.2, 0.25) is 5.91 Å². The summed E-state index contributed by atoms with van der Waals surface area (Å²) in [6, 6.07) is 7.87. The van der Waals surface area contributed by atoms with Gasteiger partial charge in [0.1, 0.15) is 0 Å². The van der Waals surface area contributed by atoms with Crippen molar-refractivity contribution in [2.24, 2.45) is 11.8 Å². The number of hydrogen-bond donors (Lipinski definition) is 2. The molecule has 19 heavy (non-hydrogen) atoms. The van der Waals surface area contributed by atoms with Crippen LogP contribution in [0.3, 0.4) is 0 Å². The van der Waals surface area contributed by atoms with Crippen LogP contribution in [0.25, 0.3) is 0 Å². The quantitative estimate of drug-likeness (QED) is 0.873. The predicted octanol–water partition coefficient (Wildman–Crippen LogP) is 2.28. The lowest BCUT2D eigenvalue weighted by atomic mass is 9.73. The van der Waals surface area contributed by atoms with Crippen molar-refractivity contribution in [2.75, 3.05) is 0 Å². The molecule has 1 amide bonds. The summed E-state index contributed by atoms with van der Waals surface area (Å²) in [5.74, 6) is -1.89. The average molecular weight is 261 g/mol. The van der Waals surface area contributed by atoms with Gasteiger partial charge in [-0.15, -0.1) is 0 Å². The summed E-state index contributed by atoms with van der Waals surface area (Å²) in [5.41, 5.74) is 2.21. The van der Waals surface area contributed by atoms with Crippen molar-refractivity contribution >= 4 is 11.9 Å². The van der Waals surface area contributed by atoms with Gasteiger partial charge in [-0.25, -0.2) is 0 Å². The topological polar surface area (TPSA) is 66.4 Å². The summed E-state index contributed by atoms with van der Waals surface area (Å²) >= 11 is 0. The van der Waals surface area contributed by atoms with Gasteiger partial charge in [-0.2, -0.15) is 0 Å². The van der Waals surface area contributed by atoms with Gasteiger partial charge < -0.3 is 10.4 Å². The van der Waals surface area contributed by atoms with Gasteiger partial charge in [0.05, 0.1) is 17.9 Å². The Labute approximate surface area is 112 Å². The lowest BCUT2D eigenvalue weighted by molar-refractivity contribution is -0.152. The van der Waals surface area contributed by atoms with E-state index in [1.165, 1.54) is 5.56 Å². The molecule has 0 spiro atoms. The van der Waals surface area contributed by atoms with Crippen LogP contribution in [-0.2, 0) is 9.59 Å². The normalized spacial score (nSPS) is 23.3. The first-order chi connectivity index (χ1) is 8.99. The number of carbonyl (C=O) groups is 2. The Hall–Kier alpha value is -1.84. The van der Waals surface area contributed by atoms with Crippen molar-refractivity contribution in [3.8, 4) is 0 Å². The Morgan fingerprint density at radius 1 is 1.21 bits per heavy atom. The van der Waals surface area contributed by atoms with Gasteiger partial charge in [0.15, 0.2) is 0 Å². The zero-order valence-electron chi connectivity index (χ0n) is 11.2. The predicted molar refractivity (Wildman–Crippen MR) is 71.6 cm³/mol. The van der Waals surface area contributed by atoms with E-state index >= 15 is 0 Å². The van der Waals surface area contributed by atoms with Crippen molar-refractivity contribution in [3.05, 3.63) is 35.4 Å². The molecule has 1 fully saturated rings. The van der Waals surface area contributed by atoms with Gasteiger partial charge in [0.25, 0.3) is 0 Å². The highest BCUT2D eigenvalue weighted by atomic mass is 16.4. The number of carbonyl (C=O) groups excluding carboxylic acids is 1. The first kappa shape index (κ1) is 13.6. The first-order valence-electron chi connectivity index (χ1n) is 6.59. The molecule has 0 aromatic heterocycles. The van der Waals surface area contributed by atoms with E-state index in [2.05, 4.69) is 5.32 Å². The van der Waals surface area contributed by atoms with E-state index < -0.39 is 11.9 Å². The van der Waals surface area contributed by atoms with Crippen molar-refractivity contribution in [1.82, 2.24) is 5.32 Å². The van der Waals surface area contributed by atoms with Crippen molar-refractivity contribution in [2.45, 2.75) is 32.7 Å². The Balaban J connectivity index is 1.95. The highest BCUT2D eigenvalue weighted by Gasteiger charge is 2.41. The van der Waals surface area contributed by atoms with Crippen LogP contribution in [0.2, 0.25) is 0 Å². The number of carboxylic acid groups (broad SMARTS) is 1. The van der Waals surface area contributed by atoms with E-state index in [1.54, 1.807) is 0 Å². The zero-order chi connectivity index (χ0) is 14.0. The van der Waals surface area contributed by atoms with Crippen LogP contribution in [0, 0.1) is 18.8 Å². The molecule has 2 rings (SSSR count). The van der Waals surface area contributed by atoms with Crippen LogP contribution in [0.5, 0.6) is 0 Å². The molecule has 1 aromatic rings. The molecule has 0 heterocycles. The second kappa shape index (κ2) is 5.43. The van der Waals surface area contributed by atoms with Crippen molar-refractivity contribution < 1.29 is 14.7 Å². The summed E-state index contributed by atoms with van der Waals surface area (Å²) in [6.07, 6.45) is 1.27. The summed E-state index contributed by atoms with van der Waals surface area (Å²) in [4.78, 5) is 22.9. The number of nitrogens with one attached hydrogen (secondary N) is 1. The maximum atomic E-state index is 12.0. The SMILES string of the molecule is Cc1ccc(C(C)NC(=O)C2CCC2C(=O)O)cc1. The molecule has 102 valence electrons.